The summed E-state index contributed by atoms with van der Waals surface area (Å²) in [5, 5.41) is 3.48. The maximum atomic E-state index is 16.4. The first-order chi connectivity index (χ1) is 18.5. The SMILES string of the molecule is Cc1cc(N)nc(-c2c(Cl)cc3c(N4C[C@@H]5C[C@H]4CN5)nc(OC[C@@H]4CCCN4C)nc3c2F)c1C(F)(F)F. The number of hydrogen-bond acceptors (Lipinski definition) is 8. The van der Waals surface area contributed by atoms with E-state index < -0.39 is 28.8 Å². The van der Waals surface area contributed by atoms with Crippen molar-refractivity contribution in [2.45, 2.75) is 50.5 Å². The number of alkyl halides is 3. The van der Waals surface area contributed by atoms with Crippen molar-refractivity contribution in [3.05, 3.63) is 34.1 Å². The molecule has 0 saturated carbocycles. The number of halogens is 5. The molecule has 3 aliphatic heterocycles. The van der Waals surface area contributed by atoms with Gasteiger partial charge in [0.05, 0.1) is 21.8 Å². The number of ether oxygens (including phenoxy) is 1. The van der Waals surface area contributed by atoms with E-state index in [9.17, 15) is 13.2 Å². The van der Waals surface area contributed by atoms with Gasteiger partial charge in [0.2, 0.25) is 0 Å². The topological polar surface area (TPSA) is 92.4 Å². The Bertz CT molecular complexity index is 1450. The largest absolute Gasteiger partial charge is 0.462 e. The molecule has 5 heterocycles. The van der Waals surface area contributed by atoms with E-state index >= 15 is 4.39 Å². The summed E-state index contributed by atoms with van der Waals surface area (Å²) in [6.45, 7) is 3.91. The van der Waals surface area contributed by atoms with Crippen molar-refractivity contribution in [1.29, 1.82) is 0 Å². The number of nitrogens with two attached hydrogens (primary N) is 1. The molecular weight excluding hydrogens is 538 g/mol. The molecule has 0 radical (unpaired) electrons. The van der Waals surface area contributed by atoms with Gasteiger partial charge >= 0.3 is 12.2 Å². The van der Waals surface area contributed by atoms with Gasteiger partial charge in [-0.3, -0.25) is 0 Å². The van der Waals surface area contributed by atoms with Crippen LogP contribution < -0.4 is 20.7 Å². The van der Waals surface area contributed by atoms with Crippen molar-refractivity contribution in [2.75, 3.05) is 43.9 Å². The lowest BCUT2D eigenvalue weighted by Gasteiger charge is -2.30. The molecule has 8 nitrogen and oxygen atoms in total. The summed E-state index contributed by atoms with van der Waals surface area (Å²) in [4.78, 5) is 17.1. The van der Waals surface area contributed by atoms with Crippen LogP contribution in [0.3, 0.4) is 0 Å². The molecule has 3 fully saturated rings. The number of piperazine rings is 1. The molecule has 2 aromatic heterocycles. The molecule has 39 heavy (non-hydrogen) atoms. The predicted octanol–water partition coefficient (Wildman–Crippen LogP) is 4.42. The first-order valence-electron chi connectivity index (χ1n) is 12.9. The van der Waals surface area contributed by atoms with Gasteiger partial charge in [0.15, 0.2) is 5.82 Å². The highest BCUT2D eigenvalue weighted by atomic mass is 35.5. The minimum atomic E-state index is -4.81. The quantitative estimate of drug-likeness (QED) is 0.439. The van der Waals surface area contributed by atoms with Gasteiger partial charge < -0.3 is 25.6 Å². The molecule has 208 valence electrons. The second-order valence-electron chi connectivity index (χ2n) is 10.6. The zero-order chi connectivity index (χ0) is 27.6. The molecular formula is C26H28ClF4N7O. The Labute approximate surface area is 227 Å². The molecule has 6 rings (SSSR count). The average Bonchev–Trinajstić information content (AvgIpc) is 3.59. The highest BCUT2D eigenvalue weighted by molar-refractivity contribution is 6.34. The number of nitrogens with zero attached hydrogens (tertiary/aromatic N) is 5. The van der Waals surface area contributed by atoms with Crippen LogP contribution >= 0.6 is 11.6 Å². The number of likely N-dealkylation sites (tertiary alicyclic amines) is 1. The maximum Gasteiger partial charge on any atom is 0.418 e. The smallest absolute Gasteiger partial charge is 0.418 e. The van der Waals surface area contributed by atoms with E-state index in [-0.39, 0.29) is 46.1 Å². The summed E-state index contributed by atoms with van der Waals surface area (Å²) in [5.74, 6) is -0.766. The number of anilines is 2. The van der Waals surface area contributed by atoms with Crippen LogP contribution in [0.25, 0.3) is 22.2 Å². The number of likely N-dealkylation sites (N-methyl/N-ethyl adjacent to an activating group) is 1. The maximum absolute atomic E-state index is 16.4. The van der Waals surface area contributed by atoms with Gasteiger partial charge in [-0.25, -0.2) is 9.37 Å². The van der Waals surface area contributed by atoms with E-state index in [1.165, 1.54) is 13.0 Å². The fourth-order valence-electron chi connectivity index (χ4n) is 6.08. The third-order valence-corrected chi connectivity index (χ3v) is 8.30. The molecule has 3 saturated heterocycles. The highest BCUT2D eigenvalue weighted by Crippen LogP contribution is 2.45. The van der Waals surface area contributed by atoms with Crippen LogP contribution in [-0.4, -0.2) is 71.3 Å². The Balaban J connectivity index is 1.53. The van der Waals surface area contributed by atoms with Crippen LogP contribution in [0, 0.1) is 12.7 Å². The van der Waals surface area contributed by atoms with Crippen LogP contribution in [-0.2, 0) is 6.18 Å². The summed E-state index contributed by atoms with van der Waals surface area (Å²) < 4.78 is 64.6. The normalized spacial score (nSPS) is 23.4. The number of fused-ring (bicyclic) bond motifs is 3. The minimum absolute atomic E-state index is 0.0338. The molecule has 0 unspecified atom stereocenters. The fraction of sp³-hybridized carbons (Fsp3) is 0.500. The number of pyridine rings is 1. The second kappa shape index (κ2) is 9.60. The Morgan fingerprint density at radius 2 is 2.03 bits per heavy atom. The molecule has 2 bridgehead atoms. The van der Waals surface area contributed by atoms with E-state index in [4.69, 9.17) is 22.1 Å². The molecule has 0 aliphatic carbocycles. The van der Waals surface area contributed by atoms with Gasteiger partial charge in [0.1, 0.15) is 23.8 Å². The van der Waals surface area contributed by atoms with Crippen LogP contribution in [0.4, 0.5) is 29.2 Å². The summed E-state index contributed by atoms with van der Waals surface area (Å²) in [6, 6.07) is 3.05. The molecule has 3 N–H and O–H groups in total. The Hall–Kier alpha value is -2.96. The lowest BCUT2D eigenvalue weighted by Crippen LogP contribution is -2.44. The van der Waals surface area contributed by atoms with Crippen LogP contribution in [0.1, 0.15) is 30.4 Å². The van der Waals surface area contributed by atoms with Crippen LogP contribution in [0.5, 0.6) is 6.01 Å². The van der Waals surface area contributed by atoms with Crippen LogP contribution in [0.15, 0.2) is 12.1 Å². The molecule has 3 aromatic rings. The molecule has 13 heteroatoms. The van der Waals surface area contributed by atoms with Gasteiger partial charge in [-0.15, -0.1) is 0 Å². The first-order valence-corrected chi connectivity index (χ1v) is 13.3. The van der Waals surface area contributed by atoms with E-state index in [2.05, 4.69) is 30.1 Å². The zero-order valence-electron chi connectivity index (χ0n) is 21.4. The number of nitrogen functional groups attached to an aromatic ring is 1. The first kappa shape index (κ1) is 26.3. The van der Waals surface area contributed by atoms with Gasteiger partial charge in [-0.1, -0.05) is 11.6 Å². The van der Waals surface area contributed by atoms with Gasteiger partial charge in [-0.2, -0.15) is 23.1 Å². The third kappa shape index (κ3) is 4.62. The minimum Gasteiger partial charge on any atom is -0.462 e. The molecule has 0 spiro atoms. The van der Waals surface area contributed by atoms with E-state index in [1.54, 1.807) is 0 Å². The zero-order valence-corrected chi connectivity index (χ0v) is 22.2. The average molecular weight is 566 g/mol. The van der Waals surface area contributed by atoms with Gasteiger partial charge in [0.25, 0.3) is 0 Å². The molecule has 3 aliphatic rings. The molecule has 0 amide bonds. The summed E-state index contributed by atoms with van der Waals surface area (Å²) >= 11 is 6.52. The van der Waals surface area contributed by atoms with Crippen molar-refractivity contribution in [3.8, 4) is 17.3 Å². The van der Waals surface area contributed by atoms with Crippen molar-refractivity contribution < 1.29 is 22.3 Å². The number of benzene rings is 1. The molecule has 3 atom stereocenters. The second-order valence-corrected chi connectivity index (χ2v) is 11.0. The Kier molecular flexibility index (Phi) is 6.47. The number of aryl methyl sites for hydroxylation is 1. The van der Waals surface area contributed by atoms with Crippen molar-refractivity contribution in [1.82, 2.24) is 25.2 Å². The van der Waals surface area contributed by atoms with Gasteiger partial charge in [-0.05, 0) is 57.5 Å². The van der Waals surface area contributed by atoms with Crippen molar-refractivity contribution in [2.24, 2.45) is 0 Å². The van der Waals surface area contributed by atoms with Crippen molar-refractivity contribution in [3.63, 3.8) is 0 Å². The standard InChI is InChI=1S/C26H28ClF4N7O/c1-12-6-18(32)34-23(20(12)26(29,30)31)19-17(27)8-16-22(21(19)28)35-25(39-11-14-4-3-5-37(14)2)36-24(16)38-10-13-7-15(38)9-33-13/h6,8,13-15,33H,3-5,7,9-11H2,1-2H3,(H2,32,34)/t13-,14-,15-/m0/s1. The molecule has 1 aromatic carbocycles. The number of nitrogens with one attached hydrogen (secondary N) is 1. The van der Waals surface area contributed by atoms with E-state index in [0.717, 1.165) is 38.4 Å². The van der Waals surface area contributed by atoms with Crippen LogP contribution in [0.2, 0.25) is 5.02 Å². The number of aromatic nitrogens is 3. The van der Waals surface area contributed by atoms with E-state index in [1.807, 2.05) is 7.05 Å². The summed E-state index contributed by atoms with van der Waals surface area (Å²) in [6.07, 6.45) is -1.91. The Morgan fingerprint density at radius 3 is 2.67 bits per heavy atom. The van der Waals surface area contributed by atoms with Gasteiger partial charge in [0, 0.05) is 36.6 Å². The Morgan fingerprint density at radius 1 is 1.23 bits per heavy atom. The van der Waals surface area contributed by atoms with E-state index in [0.29, 0.717) is 24.4 Å². The number of rotatable bonds is 5. The summed E-state index contributed by atoms with van der Waals surface area (Å²) in [5.41, 5.74) is 3.13. The summed E-state index contributed by atoms with van der Waals surface area (Å²) in [7, 11) is 2.01. The van der Waals surface area contributed by atoms with Crippen molar-refractivity contribution >= 4 is 34.1 Å². The highest BCUT2D eigenvalue weighted by Gasteiger charge is 2.41. The lowest BCUT2D eigenvalue weighted by molar-refractivity contribution is -0.137. The third-order valence-electron chi connectivity index (χ3n) is 8.00. The fourth-order valence-corrected chi connectivity index (χ4v) is 6.36. The predicted molar refractivity (Wildman–Crippen MR) is 141 cm³/mol. The number of hydrogen-bond donors (Lipinski definition) is 2. The monoisotopic (exact) mass is 565 g/mol. The lowest BCUT2D eigenvalue weighted by atomic mass is 9.99.